The molecule has 0 fully saturated rings. The van der Waals surface area contributed by atoms with E-state index < -0.39 is 9.05 Å². The van der Waals surface area contributed by atoms with E-state index in [9.17, 15) is 4.53 Å². The number of rotatable bonds is 1. The fourth-order valence-electron chi connectivity index (χ4n) is 0. The van der Waals surface area contributed by atoms with Crippen molar-refractivity contribution in [1.82, 2.24) is 0 Å². The molecule has 7 heteroatoms. The zero-order valence-electron chi connectivity index (χ0n) is 2.63. The predicted octanol–water partition coefficient (Wildman–Crippen LogP) is -2.62. The Balaban J connectivity index is 0. The highest BCUT2D eigenvalue weighted by molar-refractivity contribution is 6.48. The number of halogens is 1. The summed E-state index contributed by atoms with van der Waals surface area (Å²) < 4.78 is 12.6. The van der Waals surface area contributed by atoms with Crippen molar-refractivity contribution in [2.75, 3.05) is 0 Å². The molecule has 0 unspecified atom stereocenters. The quantitative estimate of drug-likeness (QED) is 0.349. The molecule has 0 aromatic carbocycles. The molecule has 3 N–H and O–H groups in total. The second kappa shape index (κ2) is 3.72. The summed E-state index contributed by atoms with van der Waals surface area (Å²) in [6, 6.07) is 0. The minimum absolute atomic E-state index is 0. The lowest BCUT2D eigenvalue weighted by Gasteiger charge is -1.96. The first-order chi connectivity index (χ1) is 2.56. The van der Waals surface area contributed by atoms with E-state index in [2.05, 4.69) is 4.63 Å². The molecular weight excluding hydrogens is 135 g/mol. The maximum atomic E-state index is 10.3. The zero-order chi connectivity index (χ0) is 5.21. The molecule has 0 spiro atoms. The predicted molar refractivity (Wildman–Crippen MR) is 23.1 cm³/mol. The third-order valence-electron chi connectivity index (χ3n) is 0.104. The number of hydrogen-bond donors (Lipinski definition) is 3. The molecule has 0 radical (unpaired) electrons. The Bertz CT molecular complexity index is 41.4. The van der Waals surface area contributed by atoms with Gasteiger partial charge in [0.15, 0.2) is 0 Å². The Labute approximate surface area is 56.1 Å². The van der Waals surface area contributed by atoms with Crippen LogP contribution in [-0.2, 0) is 4.63 Å². The first kappa shape index (κ1) is 10.7. The topological polar surface area (TPSA) is 69.9 Å². The normalized spacial score (nSPS) is 10.3. The fraction of sp³-hybridized carbons (Fsp3) is 0. The lowest BCUT2D eigenvalue weighted by atomic mass is 15.5. The van der Waals surface area contributed by atoms with Crippen molar-refractivity contribution in [2.45, 2.75) is 0 Å². The summed E-state index contributed by atoms with van der Waals surface area (Å²) in [5, 5.41) is 0. The van der Waals surface area contributed by atoms with Gasteiger partial charge in [0.25, 0.3) is 0 Å². The summed E-state index contributed by atoms with van der Waals surface area (Å²) in [7, 11) is -4.80. The number of hydrogen-bond acceptors (Lipinski definition) is 4. The van der Waals surface area contributed by atoms with E-state index in [4.69, 9.17) is 14.4 Å². The summed E-state index contributed by atoms with van der Waals surface area (Å²) in [5.74, 6) is 0. The largest absolute Gasteiger partial charge is 0.703 e. The van der Waals surface area contributed by atoms with Gasteiger partial charge >= 0.3 is 32.1 Å². The zero-order valence-corrected chi connectivity index (χ0v) is 3.63. The molecule has 0 saturated carbocycles. The van der Waals surface area contributed by atoms with Gasteiger partial charge < -0.3 is 14.4 Å². The van der Waals surface area contributed by atoms with Crippen molar-refractivity contribution >= 4 is 32.1 Å². The van der Waals surface area contributed by atoms with E-state index in [1.165, 1.54) is 0 Å². The van der Waals surface area contributed by atoms with Crippen molar-refractivity contribution < 1.29 is 23.5 Å². The van der Waals surface area contributed by atoms with Crippen LogP contribution >= 0.6 is 0 Å². The second-order valence-electron chi connectivity index (χ2n) is 0.651. The van der Waals surface area contributed by atoms with Gasteiger partial charge in [0.1, 0.15) is 0 Å². The molecule has 0 aliphatic heterocycles. The van der Waals surface area contributed by atoms with Crippen LogP contribution in [-0.4, -0.2) is 46.5 Å². The highest BCUT2D eigenvalue weighted by Gasteiger charge is 2.31. The average Bonchev–Trinajstić information content (AvgIpc) is 1.35. The van der Waals surface area contributed by atoms with Gasteiger partial charge in [0.2, 0.25) is 0 Å². The van der Waals surface area contributed by atoms with Gasteiger partial charge in [-0.3, -0.25) is 0 Å². The SMILES string of the molecule is O[Si](O)(O)OF.[MgH2]. The Morgan fingerprint density at radius 3 is 1.43 bits per heavy atom. The first-order valence-corrected chi connectivity index (χ1v) is 2.78. The Morgan fingerprint density at radius 2 is 1.43 bits per heavy atom. The van der Waals surface area contributed by atoms with Crippen LogP contribution in [0.15, 0.2) is 0 Å². The first-order valence-electron chi connectivity index (χ1n) is 1.03. The monoisotopic (exact) mass is 140 g/mol. The van der Waals surface area contributed by atoms with Gasteiger partial charge in [0, 0.05) is 0 Å². The van der Waals surface area contributed by atoms with Crippen molar-refractivity contribution in [3.8, 4) is 0 Å². The van der Waals surface area contributed by atoms with E-state index in [1.807, 2.05) is 0 Å². The van der Waals surface area contributed by atoms with Crippen LogP contribution in [0, 0.1) is 0 Å². The molecule has 0 atom stereocenters. The highest BCUT2D eigenvalue weighted by Crippen LogP contribution is 1.85. The molecule has 0 bridgehead atoms. The standard InChI is InChI=1S/FH3O4Si.Mg.2H/c1-5-6(2,3)4;;;/h2-4H;;;. The Morgan fingerprint density at radius 1 is 1.29 bits per heavy atom. The van der Waals surface area contributed by atoms with E-state index in [-0.39, 0.29) is 23.1 Å². The molecule has 0 saturated heterocycles. The van der Waals surface area contributed by atoms with Crippen LogP contribution < -0.4 is 0 Å². The lowest BCUT2D eigenvalue weighted by Crippen LogP contribution is -2.35. The molecule has 7 heavy (non-hydrogen) atoms. The van der Waals surface area contributed by atoms with Crippen LogP contribution in [0.4, 0.5) is 4.53 Å². The van der Waals surface area contributed by atoms with E-state index >= 15 is 0 Å². The van der Waals surface area contributed by atoms with Crippen molar-refractivity contribution in [1.29, 1.82) is 0 Å². The highest BCUT2D eigenvalue weighted by atomic mass is 28.4. The third-order valence-corrected chi connectivity index (χ3v) is 0.311. The van der Waals surface area contributed by atoms with Crippen LogP contribution in [0.2, 0.25) is 0 Å². The maximum absolute atomic E-state index is 10.3. The van der Waals surface area contributed by atoms with Crippen LogP contribution in [0.5, 0.6) is 0 Å². The molecule has 0 aliphatic carbocycles. The van der Waals surface area contributed by atoms with Crippen LogP contribution in [0.3, 0.4) is 0 Å². The second-order valence-corrected chi connectivity index (χ2v) is 1.95. The Hall–Kier alpha value is 0.753. The molecule has 42 valence electrons. The lowest BCUT2D eigenvalue weighted by molar-refractivity contribution is -0.111. The maximum Gasteiger partial charge on any atom is 0.703 e. The van der Waals surface area contributed by atoms with E-state index in [0.29, 0.717) is 0 Å². The minimum Gasteiger partial charge on any atom is -0.366 e. The summed E-state index contributed by atoms with van der Waals surface area (Å²) >= 11 is 0. The van der Waals surface area contributed by atoms with Gasteiger partial charge in [-0.05, 0) is 0 Å². The summed E-state index contributed by atoms with van der Waals surface area (Å²) in [4.78, 5) is 22.4. The van der Waals surface area contributed by atoms with Crippen LogP contribution in [0.1, 0.15) is 0 Å². The molecular formula is H5FMgO4Si. The molecule has 0 aromatic heterocycles. The van der Waals surface area contributed by atoms with E-state index in [1.54, 1.807) is 0 Å². The van der Waals surface area contributed by atoms with Crippen molar-refractivity contribution in [3.05, 3.63) is 0 Å². The van der Waals surface area contributed by atoms with Gasteiger partial charge in [-0.1, -0.05) is 4.53 Å². The Kier molecular flexibility index (Phi) is 5.67. The van der Waals surface area contributed by atoms with Crippen LogP contribution in [0.25, 0.3) is 0 Å². The average molecular weight is 140 g/mol. The molecule has 0 rings (SSSR count). The third kappa shape index (κ3) is 10.8. The molecule has 0 aliphatic rings. The van der Waals surface area contributed by atoms with E-state index in [0.717, 1.165) is 0 Å². The van der Waals surface area contributed by atoms with Crippen molar-refractivity contribution in [2.24, 2.45) is 0 Å². The van der Waals surface area contributed by atoms with Gasteiger partial charge in [-0.25, -0.2) is 0 Å². The summed E-state index contributed by atoms with van der Waals surface area (Å²) in [5.41, 5.74) is 0. The molecule has 0 amide bonds. The van der Waals surface area contributed by atoms with Crippen molar-refractivity contribution in [3.63, 3.8) is 0 Å². The molecule has 0 aromatic rings. The van der Waals surface area contributed by atoms with Gasteiger partial charge in [0.05, 0.1) is 0 Å². The molecule has 0 heterocycles. The molecule has 4 nitrogen and oxygen atoms in total. The smallest absolute Gasteiger partial charge is 0.366 e. The fourth-order valence-corrected chi connectivity index (χ4v) is 0. The van der Waals surface area contributed by atoms with Gasteiger partial charge in [-0.15, -0.1) is 0 Å². The summed E-state index contributed by atoms with van der Waals surface area (Å²) in [6.07, 6.45) is 0. The minimum atomic E-state index is -4.80. The van der Waals surface area contributed by atoms with Gasteiger partial charge in [-0.2, -0.15) is 4.63 Å². The summed E-state index contributed by atoms with van der Waals surface area (Å²) in [6.45, 7) is 0.